The number of nitrogens with two attached hydrogens (primary N) is 1. The lowest BCUT2D eigenvalue weighted by Crippen LogP contribution is -2.37. The van der Waals surface area contributed by atoms with Crippen LogP contribution in [-0.2, 0) is 14.6 Å². The predicted octanol–water partition coefficient (Wildman–Crippen LogP) is 1.72. The Hall–Kier alpha value is -0.380. The summed E-state index contributed by atoms with van der Waals surface area (Å²) in [5, 5.41) is 2.71. The molecule has 0 spiro atoms. The van der Waals surface area contributed by atoms with Gasteiger partial charge in [-0.15, -0.1) is 12.4 Å². The number of nitrogens with one attached hydrogen (secondary N) is 1. The van der Waals surface area contributed by atoms with Gasteiger partial charge in [0.2, 0.25) is 5.91 Å². The van der Waals surface area contributed by atoms with Crippen LogP contribution in [0.3, 0.4) is 0 Å². The summed E-state index contributed by atoms with van der Waals surface area (Å²) in [6, 6.07) is 4.80. The van der Waals surface area contributed by atoms with Crippen LogP contribution in [0.15, 0.2) is 18.2 Å². The van der Waals surface area contributed by atoms with Crippen molar-refractivity contribution >= 4 is 56.4 Å². The third kappa shape index (κ3) is 6.87. The number of rotatable bonds is 5. The first-order valence-electron chi connectivity index (χ1n) is 5.69. The van der Waals surface area contributed by atoms with Crippen molar-refractivity contribution in [1.29, 1.82) is 0 Å². The number of hydrogen-bond acceptors (Lipinski definition) is 4. The Bertz CT molecular complexity index is 578. The van der Waals surface area contributed by atoms with Crippen LogP contribution in [0.4, 0.5) is 5.69 Å². The molecule has 114 valence electrons. The lowest BCUT2D eigenvalue weighted by Gasteiger charge is -2.13. The summed E-state index contributed by atoms with van der Waals surface area (Å²) in [4.78, 5) is 11.8. The van der Waals surface area contributed by atoms with Crippen LogP contribution < -0.4 is 11.1 Å². The smallest absolute Gasteiger partial charge is 0.241 e. The van der Waals surface area contributed by atoms with Gasteiger partial charge in [0, 0.05) is 15.5 Å². The van der Waals surface area contributed by atoms with Crippen LogP contribution in [0, 0.1) is 10.5 Å². The molecule has 1 unspecified atom stereocenters. The Morgan fingerprint density at radius 2 is 2.05 bits per heavy atom. The molecule has 0 aromatic heterocycles. The Kier molecular flexibility index (Phi) is 8.00. The lowest BCUT2D eigenvalue weighted by atomic mass is 10.1. The highest BCUT2D eigenvalue weighted by Crippen LogP contribution is 2.17. The average molecular weight is 433 g/mol. The molecule has 0 saturated carbocycles. The van der Waals surface area contributed by atoms with E-state index in [0.717, 1.165) is 15.4 Å². The van der Waals surface area contributed by atoms with Crippen LogP contribution in [0.5, 0.6) is 0 Å². The summed E-state index contributed by atoms with van der Waals surface area (Å²) >= 11 is 2.19. The largest absolute Gasteiger partial charge is 0.324 e. The molecular formula is C12H18ClIN2O3S. The maximum atomic E-state index is 11.8. The predicted molar refractivity (Wildman–Crippen MR) is 92.1 cm³/mol. The van der Waals surface area contributed by atoms with Crippen LogP contribution in [0.25, 0.3) is 0 Å². The minimum Gasteiger partial charge on any atom is -0.324 e. The van der Waals surface area contributed by atoms with Gasteiger partial charge in [-0.25, -0.2) is 8.42 Å². The fourth-order valence-electron chi connectivity index (χ4n) is 1.46. The summed E-state index contributed by atoms with van der Waals surface area (Å²) < 4.78 is 23.1. The maximum Gasteiger partial charge on any atom is 0.241 e. The van der Waals surface area contributed by atoms with Crippen molar-refractivity contribution in [2.75, 3.05) is 17.3 Å². The Morgan fingerprint density at radius 1 is 1.45 bits per heavy atom. The first-order chi connectivity index (χ1) is 8.69. The van der Waals surface area contributed by atoms with E-state index in [2.05, 4.69) is 27.9 Å². The third-order valence-electron chi connectivity index (χ3n) is 2.58. The molecule has 0 radical (unpaired) electrons. The molecular weight excluding hydrogens is 415 g/mol. The van der Waals surface area contributed by atoms with Crippen molar-refractivity contribution in [2.45, 2.75) is 19.4 Å². The molecule has 0 aliphatic rings. The number of aryl methyl sites for hydroxylation is 1. The molecule has 20 heavy (non-hydrogen) atoms. The van der Waals surface area contributed by atoms with E-state index in [4.69, 9.17) is 5.73 Å². The van der Waals surface area contributed by atoms with Gasteiger partial charge in [-0.2, -0.15) is 0 Å². The van der Waals surface area contributed by atoms with Crippen molar-refractivity contribution in [1.82, 2.24) is 0 Å². The van der Waals surface area contributed by atoms with E-state index in [-0.39, 0.29) is 30.5 Å². The molecule has 0 fully saturated rings. The summed E-state index contributed by atoms with van der Waals surface area (Å²) in [6.45, 7) is 1.89. The van der Waals surface area contributed by atoms with Gasteiger partial charge in [-0.05, 0) is 59.7 Å². The SMILES string of the molecule is Cc1cc(I)ccc1NC(=O)C(N)CCS(C)(=O)=O.Cl. The van der Waals surface area contributed by atoms with E-state index in [1.165, 1.54) is 0 Å². The average Bonchev–Trinajstić information content (AvgIpc) is 2.28. The molecule has 0 aliphatic carbocycles. The number of benzene rings is 1. The molecule has 1 atom stereocenters. The number of sulfone groups is 1. The molecule has 8 heteroatoms. The molecule has 0 heterocycles. The van der Waals surface area contributed by atoms with Crippen LogP contribution in [-0.4, -0.2) is 32.4 Å². The van der Waals surface area contributed by atoms with Crippen LogP contribution in [0.1, 0.15) is 12.0 Å². The number of hydrogen-bond donors (Lipinski definition) is 2. The van der Waals surface area contributed by atoms with Crippen molar-refractivity contribution in [3.63, 3.8) is 0 Å². The minimum atomic E-state index is -3.10. The monoisotopic (exact) mass is 432 g/mol. The number of carbonyl (C=O) groups is 1. The zero-order chi connectivity index (χ0) is 14.6. The molecule has 5 nitrogen and oxygen atoms in total. The van der Waals surface area contributed by atoms with Crippen molar-refractivity contribution < 1.29 is 13.2 Å². The first kappa shape index (κ1) is 19.6. The third-order valence-corrected chi connectivity index (χ3v) is 4.23. The first-order valence-corrected chi connectivity index (χ1v) is 8.83. The van der Waals surface area contributed by atoms with Crippen molar-refractivity contribution in [2.24, 2.45) is 5.73 Å². The van der Waals surface area contributed by atoms with Gasteiger partial charge in [0.25, 0.3) is 0 Å². The second kappa shape index (κ2) is 8.16. The summed E-state index contributed by atoms with van der Waals surface area (Å²) in [5.74, 6) is -0.458. The van der Waals surface area contributed by atoms with Crippen molar-refractivity contribution in [3.05, 3.63) is 27.3 Å². The molecule has 0 saturated heterocycles. The fraction of sp³-hybridized carbons (Fsp3) is 0.417. The number of anilines is 1. The highest BCUT2D eigenvalue weighted by atomic mass is 127. The lowest BCUT2D eigenvalue weighted by molar-refractivity contribution is -0.117. The number of carbonyl (C=O) groups excluding carboxylic acids is 1. The zero-order valence-electron chi connectivity index (χ0n) is 11.2. The van der Waals surface area contributed by atoms with Gasteiger partial charge in [0.15, 0.2) is 0 Å². The van der Waals surface area contributed by atoms with E-state index < -0.39 is 15.9 Å². The molecule has 1 aromatic rings. The van der Waals surface area contributed by atoms with E-state index in [9.17, 15) is 13.2 Å². The Morgan fingerprint density at radius 3 is 2.55 bits per heavy atom. The second-order valence-corrected chi connectivity index (χ2v) is 7.98. The van der Waals surface area contributed by atoms with Crippen LogP contribution in [0.2, 0.25) is 0 Å². The van der Waals surface area contributed by atoms with E-state index in [1.54, 1.807) is 6.07 Å². The molecule has 0 aliphatic heterocycles. The topological polar surface area (TPSA) is 89.3 Å². The fourth-order valence-corrected chi connectivity index (χ4v) is 2.79. The van der Waals surface area contributed by atoms with Crippen LogP contribution >= 0.6 is 35.0 Å². The van der Waals surface area contributed by atoms with Gasteiger partial charge < -0.3 is 11.1 Å². The standard InChI is InChI=1S/C12H17IN2O3S.ClH/c1-8-7-9(13)3-4-11(8)15-12(16)10(14)5-6-19(2,17)18;/h3-4,7,10H,5-6,14H2,1-2H3,(H,15,16);1H. The van der Waals surface area contributed by atoms with Gasteiger partial charge >= 0.3 is 0 Å². The zero-order valence-corrected chi connectivity index (χ0v) is 15.0. The van der Waals surface area contributed by atoms with Gasteiger partial charge in [-0.1, -0.05) is 0 Å². The summed E-state index contributed by atoms with van der Waals surface area (Å²) in [5.41, 5.74) is 7.31. The number of halogens is 2. The number of amides is 1. The van der Waals surface area contributed by atoms with E-state index in [0.29, 0.717) is 5.69 Å². The summed E-state index contributed by atoms with van der Waals surface area (Å²) in [6.07, 6.45) is 1.25. The highest BCUT2D eigenvalue weighted by Gasteiger charge is 2.16. The molecule has 1 amide bonds. The second-order valence-electron chi connectivity index (χ2n) is 4.47. The minimum absolute atomic E-state index is 0. The Balaban J connectivity index is 0.00000361. The molecule has 0 bridgehead atoms. The van der Waals surface area contributed by atoms with E-state index in [1.807, 2.05) is 19.1 Å². The normalized spacial score (nSPS) is 12.4. The molecule has 1 aromatic carbocycles. The van der Waals surface area contributed by atoms with Crippen molar-refractivity contribution in [3.8, 4) is 0 Å². The van der Waals surface area contributed by atoms with Gasteiger partial charge in [-0.3, -0.25) is 4.79 Å². The summed E-state index contributed by atoms with van der Waals surface area (Å²) in [7, 11) is -3.10. The van der Waals surface area contributed by atoms with E-state index >= 15 is 0 Å². The van der Waals surface area contributed by atoms with Gasteiger partial charge in [0.05, 0.1) is 11.8 Å². The van der Waals surface area contributed by atoms with Gasteiger partial charge in [0.1, 0.15) is 9.84 Å². The molecule has 1 rings (SSSR count). The quantitative estimate of drug-likeness (QED) is 0.693. The molecule has 3 N–H and O–H groups in total. The highest BCUT2D eigenvalue weighted by molar-refractivity contribution is 14.1. The Labute approximate surface area is 139 Å². The maximum absolute atomic E-state index is 11.8.